The molecule has 0 bridgehead atoms. The van der Waals surface area contributed by atoms with Crippen LogP contribution in [0.2, 0.25) is 0 Å². The Hall–Kier alpha value is -5.74. The number of ether oxygens (including phenoxy) is 2. The van der Waals surface area contributed by atoms with E-state index in [1.807, 2.05) is 23.2 Å². The number of anilines is 2. The minimum atomic E-state index is -3.98. The standard InChI is InChI=1S/C45H50F2N8O7S/c1-3-53(2)63(59,60)52-39-9-7-36(46)43(35(39)24-48)62-33-5-8-38-29(21-33)20-30(25-49-38)31-23-45(61-27-31)14-18-55(19-15-45)42(57)26-54-16-12-28(13-17-54)34-6-4-32(22-37(34)47)50-40-10-11-41(56)51-44(40)58/h4-9,20-22,25,28,31,40,50,52H,3,10-19,23,26-27H2,1-2H3,(H,51,56,58). The van der Waals surface area contributed by atoms with Crippen LogP contribution in [-0.4, -0.2) is 110 Å². The molecule has 4 fully saturated rings. The number of imide groups is 1. The predicted molar refractivity (Wildman–Crippen MR) is 230 cm³/mol. The van der Waals surface area contributed by atoms with Gasteiger partial charge in [0.15, 0.2) is 11.6 Å². The fourth-order valence-corrected chi connectivity index (χ4v) is 9.96. The molecule has 4 saturated heterocycles. The molecule has 0 radical (unpaired) electrons. The monoisotopic (exact) mass is 884 g/mol. The number of hydrogen-bond acceptors (Lipinski definition) is 11. The van der Waals surface area contributed by atoms with Crippen molar-refractivity contribution in [2.24, 2.45) is 0 Å². The van der Waals surface area contributed by atoms with Crippen LogP contribution in [0.5, 0.6) is 11.5 Å². The number of nitriles is 1. The van der Waals surface area contributed by atoms with E-state index in [-0.39, 0.29) is 65.0 Å². The lowest BCUT2D eigenvalue weighted by Gasteiger charge is -2.40. The molecule has 3 amide bonds. The van der Waals surface area contributed by atoms with E-state index < -0.39 is 33.7 Å². The van der Waals surface area contributed by atoms with E-state index in [9.17, 15) is 28.1 Å². The van der Waals surface area contributed by atoms with E-state index in [1.54, 1.807) is 37.3 Å². The summed E-state index contributed by atoms with van der Waals surface area (Å²) in [6.07, 6.45) is 6.05. The largest absolute Gasteiger partial charge is 0.453 e. The first-order chi connectivity index (χ1) is 30.2. The van der Waals surface area contributed by atoms with Gasteiger partial charge in [0.25, 0.3) is 0 Å². The van der Waals surface area contributed by atoms with E-state index >= 15 is 8.78 Å². The number of halogens is 2. The van der Waals surface area contributed by atoms with Crippen LogP contribution >= 0.6 is 0 Å². The van der Waals surface area contributed by atoms with Crippen LogP contribution < -0.4 is 20.1 Å². The number of nitrogens with one attached hydrogen (secondary N) is 3. The first-order valence-corrected chi connectivity index (χ1v) is 22.7. The summed E-state index contributed by atoms with van der Waals surface area (Å²) in [5, 5.41) is 16.0. The van der Waals surface area contributed by atoms with Gasteiger partial charge in [0.05, 0.1) is 30.0 Å². The number of likely N-dealkylation sites (tertiary alicyclic amines) is 2. The zero-order valence-corrected chi connectivity index (χ0v) is 36.0. The van der Waals surface area contributed by atoms with Gasteiger partial charge in [-0.05, 0) is 117 Å². The molecule has 3 N–H and O–H groups in total. The molecule has 4 aliphatic rings. The maximum atomic E-state index is 15.3. The number of hydrogen-bond donors (Lipinski definition) is 3. The Bertz CT molecular complexity index is 2570. The second-order valence-corrected chi connectivity index (χ2v) is 18.6. The number of fused-ring (bicyclic) bond motifs is 1. The molecule has 0 aliphatic carbocycles. The molecule has 8 rings (SSSR count). The highest BCUT2D eigenvalue weighted by Crippen LogP contribution is 2.44. The van der Waals surface area contributed by atoms with Crippen LogP contribution in [0.25, 0.3) is 10.9 Å². The van der Waals surface area contributed by atoms with Crippen molar-refractivity contribution < 1.29 is 41.1 Å². The summed E-state index contributed by atoms with van der Waals surface area (Å²) in [7, 11) is -2.60. The molecular formula is C45H50F2N8O7S. The summed E-state index contributed by atoms with van der Waals surface area (Å²) < 4.78 is 71.5. The summed E-state index contributed by atoms with van der Waals surface area (Å²) >= 11 is 0. The number of piperidine rings is 3. The lowest BCUT2D eigenvalue weighted by molar-refractivity contribution is -0.137. The Labute approximate surface area is 364 Å². The highest BCUT2D eigenvalue weighted by atomic mass is 32.2. The summed E-state index contributed by atoms with van der Waals surface area (Å²) in [6, 6.07) is 15.5. The van der Waals surface area contributed by atoms with Crippen molar-refractivity contribution in [2.45, 2.75) is 75.3 Å². The van der Waals surface area contributed by atoms with Gasteiger partial charge in [0.2, 0.25) is 17.7 Å². The van der Waals surface area contributed by atoms with Crippen molar-refractivity contribution in [1.82, 2.24) is 24.4 Å². The summed E-state index contributed by atoms with van der Waals surface area (Å²) in [5.41, 5.74) is 2.01. The maximum absolute atomic E-state index is 15.3. The molecule has 4 aromatic rings. The first-order valence-electron chi connectivity index (χ1n) is 21.3. The lowest BCUT2D eigenvalue weighted by Crippen LogP contribution is -2.50. The van der Waals surface area contributed by atoms with Gasteiger partial charge in [-0.2, -0.15) is 18.0 Å². The number of amides is 3. The second kappa shape index (κ2) is 18.2. The molecule has 2 atom stereocenters. The van der Waals surface area contributed by atoms with Gasteiger partial charge in [-0.15, -0.1) is 0 Å². The number of rotatable bonds is 12. The van der Waals surface area contributed by atoms with Gasteiger partial charge < -0.3 is 19.7 Å². The van der Waals surface area contributed by atoms with Crippen LogP contribution in [0.3, 0.4) is 0 Å². The van der Waals surface area contributed by atoms with Gasteiger partial charge in [-0.1, -0.05) is 13.0 Å². The molecule has 332 valence electrons. The molecule has 63 heavy (non-hydrogen) atoms. The van der Waals surface area contributed by atoms with E-state index in [4.69, 9.17) is 9.47 Å². The van der Waals surface area contributed by atoms with Crippen molar-refractivity contribution in [3.05, 3.63) is 89.1 Å². The van der Waals surface area contributed by atoms with Crippen molar-refractivity contribution in [1.29, 1.82) is 5.26 Å². The number of carbonyl (C=O) groups excluding carboxylic acids is 3. The van der Waals surface area contributed by atoms with Crippen LogP contribution in [0.4, 0.5) is 20.2 Å². The Morgan fingerprint density at radius 2 is 1.81 bits per heavy atom. The molecule has 5 heterocycles. The van der Waals surface area contributed by atoms with Crippen molar-refractivity contribution in [3.63, 3.8) is 0 Å². The SMILES string of the molecule is CCN(C)S(=O)(=O)Nc1ccc(F)c(Oc2ccc3ncc(C4COC5(CCN(C(=O)CN6CCC(c7ccc(NC8CCC(=O)NC8=O)cc7F)CC6)CC5)C4)cc3c2)c1C#N. The van der Waals surface area contributed by atoms with E-state index in [2.05, 4.69) is 25.2 Å². The van der Waals surface area contributed by atoms with Gasteiger partial charge in [-0.3, -0.25) is 34.3 Å². The third kappa shape index (κ3) is 9.61. The normalized spacial score (nSPS) is 20.8. The minimum absolute atomic E-state index is 0.0204. The Kier molecular flexibility index (Phi) is 12.7. The van der Waals surface area contributed by atoms with Gasteiger partial charge in [-0.25, -0.2) is 8.78 Å². The maximum Gasteiger partial charge on any atom is 0.301 e. The molecular weight excluding hydrogens is 835 g/mol. The number of benzene rings is 3. The summed E-state index contributed by atoms with van der Waals surface area (Å²) in [4.78, 5) is 45.8. The molecule has 3 aromatic carbocycles. The Morgan fingerprint density at radius 1 is 1.03 bits per heavy atom. The lowest BCUT2D eigenvalue weighted by atomic mass is 9.83. The summed E-state index contributed by atoms with van der Waals surface area (Å²) in [6.45, 7) is 5.17. The van der Waals surface area contributed by atoms with Crippen LogP contribution in [0.15, 0.2) is 60.8 Å². The second-order valence-electron chi connectivity index (χ2n) is 16.9. The molecule has 1 aromatic heterocycles. The zero-order chi connectivity index (χ0) is 44.5. The van der Waals surface area contributed by atoms with E-state index in [0.717, 1.165) is 40.6 Å². The van der Waals surface area contributed by atoms with Crippen molar-refractivity contribution >= 4 is 50.2 Å². The zero-order valence-electron chi connectivity index (χ0n) is 35.2. The molecule has 18 heteroatoms. The van der Waals surface area contributed by atoms with Crippen LogP contribution in [0, 0.1) is 23.0 Å². The molecule has 0 saturated carbocycles. The fraction of sp³-hybridized carbons (Fsp3) is 0.444. The molecule has 15 nitrogen and oxygen atoms in total. The fourth-order valence-electron chi connectivity index (χ4n) is 9.02. The van der Waals surface area contributed by atoms with E-state index in [1.165, 1.54) is 19.2 Å². The molecule has 2 unspecified atom stereocenters. The third-order valence-corrected chi connectivity index (χ3v) is 14.4. The topological polar surface area (TPSA) is 186 Å². The van der Waals surface area contributed by atoms with Gasteiger partial charge in [0, 0.05) is 56.3 Å². The Balaban J connectivity index is 0.831. The van der Waals surface area contributed by atoms with Crippen LogP contribution in [0.1, 0.15) is 80.4 Å². The quantitative estimate of drug-likeness (QED) is 0.147. The number of pyridine rings is 1. The summed E-state index contributed by atoms with van der Waals surface area (Å²) in [5.74, 6) is -1.88. The highest BCUT2D eigenvalue weighted by Gasteiger charge is 2.44. The average molecular weight is 885 g/mol. The minimum Gasteiger partial charge on any atom is -0.453 e. The number of aromatic nitrogens is 1. The van der Waals surface area contributed by atoms with Gasteiger partial charge >= 0.3 is 10.2 Å². The van der Waals surface area contributed by atoms with Gasteiger partial charge in [0.1, 0.15) is 29.2 Å². The Morgan fingerprint density at radius 3 is 2.52 bits per heavy atom. The molecule has 4 aliphatic heterocycles. The first kappa shape index (κ1) is 43.9. The third-order valence-electron chi connectivity index (χ3n) is 12.9. The predicted octanol–water partition coefficient (Wildman–Crippen LogP) is 5.75. The molecule has 1 spiro atoms. The van der Waals surface area contributed by atoms with Crippen molar-refractivity contribution in [2.75, 3.05) is 63.0 Å². The average Bonchev–Trinajstić information content (AvgIpc) is 3.68. The highest BCUT2D eigenvalue weighted by molar-refractivity contribution is 7.90. The van der Waals surface area contributed by atoms with Crippen molar-refractivity contribution in [3.8, 4) is 17.6 Å². The smallest absolute Gasteiger partial charge is 0.301 e. The number of carbonyl (C=O) groups is 3. The van der Waals surface area contributed by atoms with E-state index in [0.29, 0.717) is 75.4 Å². The number of nitrogens with zero attached hydrogens (tertiary/aromatic N) is 5. The van der Waals surface area contributed by atoms with Crippen LogP contribution in [-0.2, 0) is 29.3 Å².